The molecular weight excluding hydrogens is 208 g/mol. The number of benzene rings is 1. The minimum Gasteiger partial charge on any atom is -0.317 e. The number of piperidine rings is 1. The normalized spacial score (nSPS) is 19.6. The topological polar surface area (TPSA) is 12.0 Å². The predicted octanol–water partition coefficient (Wildman–Crippen LogP) is 2.71. The second-order valence-corrected chi connectivity index (χ2v) is 4.40. The molecule has 1 N–H and O–H groups in total. The zero-order valence-electron chi connectivity index (χ0n) is 9.26. The number of rotatable bonds is 3. The smallest absolute Gasteiger partial charge is 0.126 e. The first-order valence-electron chi connectivity index (χ1n) is 5.85. The standard InChI is InChI=1S/C13H17F2N/c14-12-4-2-1-3-11(12)9-13(15)10-5-7-16-8-6-10/h1-4,10,13,16H,5-9H2. The molecular formula is C13H17F2N. The minimum absolute atomic E-state index is 0.0841. The summed E-state index contributed by atoms with van der Waals surface area (Å²) in [6.07, 6.45) is 1.00. The fraction of sp³-hybridized carbons (Fsp3) is 0.538. The summed E-state index contributed by atoms with van der Waals surface area (Å²) in [6.45, 7) is 1.75. The molecule has 0 aliphatic carbocycles. The molecule has 1 heterocycles. The number of hydrogen-bond donors (Lipinski definition) is 1. The lowest BCUT2D eigenvalue weighted by molar-refractivity contribution is 0.186. The molecule has 1 atom stereocenters. The molecule has 0 spiro atoms. The molecule has 88 valence electrons. The number of alkyl halides is 1. The first-order valence-corrected chi connectivity index (χ1v) is 5.85. The first kappa shape index (κ1) is 11.5. The van der Waals surface area contributed by atoms with Gasteiger partial charge in [-0.05, 0) is 43.5 Å². The highest BCUT2D eigenvalue weighted by atomic mass is 19.1. The van der Waals surface area contributed by atoms with Gasteiger partial charge in [-0.3, -0.25) is 0 Å². The van der Waals surface area contributed by atoms with Gasteiger partial charge < -0.3 is 5.32 Å². The Morgan fingerprint density at radius 2 is 1.94 bits per heavy atom. The fourth-order valence-electron chi connectivity index (χ4n) is 2.25. The van der Waals surface area contributed by atoms with E-state index < -0.39 is 6.17 Å². The third-order valence-electron chi connectivity index (χ3n) is 3.27. The molecule has 0 bridgehead atoms. The summed E-state index contributed by atoms with van der Waals surface area (Å²) in [5, 5.41) is 3.20. The summed E-state index contributed by atoms with van der Waals surface area (Å²) in [4.78, 5) is 0. The average molecular weight is 225 g/mol. The van der Waals surface area contributed by atoms with Gasteiger partial charge in [0.05, 0.1) is 0 Å². The molecule has 3 heteroatoms. The van der Waals surface area contributed by atoms with Crippen molar-refractivity contribution in [2.45, 2.75) is 25.4 Å². The Morgan fingerprint density at radius 3 is 2.62 bits per heavy atom. The Hall–Kier alpha value is -0.960. The number of halogens is 2. The van der Waals surface area contributed by atoms with Crippen molar-refractivity contribution in [1.82, 2.24) is 5.32 Å². The van der Waals surface area contributed by atoms with Crippen molar-refractivity contribution in [2.75, 3.05) is 13.1 Å². The van der Waals surface area contributed by atoms with E-state index in [1.165, 1.54) is 6.07 Å². The largest absolute Gasteiger partial charge is 0.317 e. The zero-order valence-corrected chi connectivity index (χ0v) is 9.26. The van der Waals surface area contributed by atoms with Crippen LogP contribution in [-0.4, -0.2) is 19.3 Å². The molecule has 1 unspecified atom stereocenters. The van der Waals surface area contributed by atoms with Gasteiger partial charge in [-0.2, -0.15) is 0 Å². The highest BCUT2D eigenvalue weighted by Gasteiger charge is 2.23. The molecule has 0 saturated carbocycles. The van der Waals surface area contributed by atoms with Gasteiger partial charge in [0, 0.05) is 6.42 Å². The van der Waals surface area contributed by atoms with E-state index in [0.717, 1.165) is 25.9 Å². The molecule has 1 fully saturated rings. The van der Waals surface area contributed by atoms with Crippen LogP contribution in [0.2, 0.25) is 0 Å². The van der Waals surface area contributed by atoms with E-state index in [9.17, 15) is 8.78 Å². The van der Waals surface area contributed by atoms with E-state index in [2.05, 4.69) is 5.32 Å². The molecule has 1 saturated heterocycles. The van der Waals surface area contributed by atoms with E-state index in [0.29, 0.717) is 5.56 Å². The highest BCUT2D eigenvalue weighted by molar-refractivity contribution is 5.18. The molecule has 1 aliphatic heterocycles. The summed E-state index contributed by atoms with van der Waals surface area (Å²) < 4.78 is 27.3. The van der Waals surface area contributed by atoms with Gasteiger partial charge in [0.15, 0.2) is 0 Å². The molecule has 16 heavy (non-hydrogen) atoms. The van der Waals surface area contributed by atoms with Crippen LogP contribution < -0.4 is 5.32 Å². The van der Waals surface area contributed by atoms with Crippen molar-refractivity contribution < 1.29 is 8.78 Å². The summed E-state index contributed by atoms with van der Waals surface area (Å²) in [7, 11) is 0. The molecule has 1 aromatic carbocycles. The van der Waals surface area contributed by atoms with E-state index >= 15 is 0 Å². The Kier molecular flexibility index (Phi) is 3.88. The lowest BCUT2D eigenvalue weighted by Crippen LogP contribution is -2.33. The van der Waals surface area contributed by atoms with E-state index in [1.54, 1.807) is 18.2 Å². The third-order valence-corrected chi connectivity index (χ3v) is 3.27. The summed E-state index contributed by atoms with van der Waals surface area (Å²) >= 11 is 0. The SMILES string of the molecule is Fc1ccccc1CC(F)C1CCNCC1. The Bertz CT molecular complexity index is 334. The van der Waals surface area contributed by atoms with Crippen LogP contribution >= 0.6 is 0 Å². The van der Waals surface area contributed by atoms with Crippen LogP contribution in [-0.2, 0) is 6.42 Å². The molecule has 1 nitrogen and oxygen atoms in total. The van der Waals surface area contributed by atoms with Crippen LogP contribution in [0.15, 0.2) is 24.3 Å². The summed E-state index contributed by atoms with van der Waals surface area (Å²) in [5.74, 6) is -0.208. The van der Waals surface area contributed by atoms with E-state index in [4.69, 9.17) is 0 Å². The van der Waals surface area contributed by atoms with Crippen molar-refractivity contribution in [1.29, 1.82) is 0 Å². The van der Waals surface area contributed by atoms with Crippen molar-refractivity contribution >= 4 is 0 Å². The van der Waals surface area contributed by atoms with Crippen molar-refractivity contribution in [3.63, 3.8) is 0 Å². The second-order valence-electron chi connectivity index (χ2n) is 4.40. The first-order chi connectivity index (χ1) is 7.77. The van der Waals surface area contributed by atoms with Gasteiger partial charge >= 0.3 is 0 Å². The highest BCUT2D eigenvalue weighted by Crippen LogP contribution is 2.23. The monoisotopic (exact) mass is 225 g/mol. The Balaban J connectivity index is 1.96. The molecule has 0 radical (unpaired) electrons. The second kappa shape index (κ2) is 5.39. The molecule has 1 aliphatic rings. The van der Waals surface area contributed by atoms with E-state index in [-0.39, 0.29) is 18.2 Å². The van der Waals surface area contributed by atoms with Gasteiger partial charge in [0.25, 0.3) is 0 Å². The predicted molar refractivity (Wildman–Crippen MR) is 60.6 cm³/mol. The lowest BCUT2D eigenvalue weighted by Gasteiger charge is -2.25. The van der Waals surface area contributed by atoms with E-state index in [1.807, 2.05) is 0 Å². The van der Waals surface area contributed by atoms with Gasteiger partial charge in [-0.15, -0.1) is 0 Å². The van der Waals surface area contributed by atoms with Crippen LogP contribution in [0.3, 0.4) is 0 Å². The number of nitrogens with one attached hydrogen (secondary N) is 1. The van der Waals surface area contributed by atoms with Gasteiger partial charge in [-0.25, -0.2) is 8.78 Å². The van der Waals surface area contributed by atoms with Crippen LogP contribution in [0.1, 0.15) is 18.4 Å². The number of hydrogen-bond acceptors (Lipinski definition) is 1. The Morgan fingerprint density at radius 1 is 1.25 bits per heavy atom. The maximum atomic E-state index is 14.0. The summed E-state index contributed by atoms with van der Waals surface area (Å²) in [5.41, 5.74) is 0.494. The van der Waals surface area contributed by atoms with Crippen molar-refractivity contribution in [3.05, 3.63) is 35.6 Å². The fourth-order valence-corrected chi connectivity index (χ4v) is 2.25. The molecule has 1 aromatic rings. The maximum Gasteiger partial charge on any atom is 0.126 e. The van der Waals surface area contributed by atoms with Crippen LogP contribution in [0.4, 0.5) is 8.78 Å². The van der Waals surface area contributed by atoms with Gasteiger partial charge in [0.2, 0.25) is 0 Å². The van der Waals surface area contributed by atoms with Crippen molar-refractivity contribution in [2.24, 2.45) is 5.92 Å². The maximum absolute atomic E-state index is 14.0. The van der Waals surface area contributed by atoms with Gasteiger partial charge in [0.1, 0.15) is 12.0 Å². The van der Waals surface area contributed by atoms with Crippen molar-refractivity contribution in [3.8, 4) is 0 Å². The van der Waals surface area contributed by atoms with Crippen LogP contribution in [0, 0.1) is 11.7 Å². The van der Waals surface area contributed by atoms with Crippen LogP contribution in [0.5, 0.6) is 0 Å². The van der Waals surface area contributed by atoms with Crippen LogP contribution in [0.25, 0.3) is 0 Å². The zero-order chi connectivity index (χ0) is 11.4. The lowest BCUT2D eigenvalue weighted by atomic mass is 9.89. The van der Waals surface area contributed by atoms with Gasteiger partial charge in [-0.1, -0.05) is 18.2 Å². The average Bonchev–Trinajstić information content (AvgIpc) is 2.33. The quantitative estimate of drug-likeness (QED) is 0.834. The Labute approximate surface area is 94.9 Å². The molecule has 0 amide bonds. The molecule has 0 aromatic heterocycles. The molecule has 2 rings (SSSR count). The minimum atomic E-state index is -0.918. The third kappa shape index (κ3) is 2.79. The summed E-state index contributed by atoms with van der Waals surface area (Å²) in [6, 6.07) is 6.46.